The first kappa shape index (κ1) is 16.6. The van der Waals surface area contributed by atoms with Crippen molar-refractivity contribution >= 4 is 28.8 Å². The topological polar surface area (TPSA) is 54.9 Å². The predicted octanol–water partition coefficient (Wildman–Crippen LogP) is 4.14. The zero-order valence-electron chi connectivity index (χ0n) is 13.1. The zero-order chi connectivity index (χ0) is 16.9. The van der Waals surface area contributed by atoms with Gasteiger partial charge in [-0.15, -0.1) is 11.3 Å². The second kappa shape index (κ2) is 7.55. The van der Waals surface area contributed by atoms with Gasteiger partial charge in [-0.2, -0.15) is 0 Å². The maximum atomic E-state index is 12.1. The summed E-state index contributed by atoms with van der Waals surface area (Å²) in [7, 11) is 0. The van der Waals surface area contributed by atoms with Crippen molar-refractivity contribution in [2.75, 3.05) is 6.54 Å². The van der Waals surface area contributed by atoms with Gasteiger partial charge in [0, 0.05) is 46.4 Å². The van der Waals surface area contributed by atoms with Crippen LogP contribution in [0.15, 0.2) is 48.8 Å². The Morgan fingerprint density at radius 3 is 2.79 bits per heavy atom. The van der Waals surface area contributed by atoms with Crippen LogP contribution in [0.4, 0.5) is 0 Å². The average molecular weight is 358 g/mol. The van der Waals surface area contributed by atoms with Crippen molar-refractivity contribution in [3.63, 3.8) is 0 Å². The molecule has 1 aromatic carbocycles. The molecule has 0 radical (unpaired) electrons. The Balaban J connectivity index is 1.61. The van der Waals surface area contributed by atoms with E-state index in [4.69, 9.17) is 11.6 Å². The fraction of sp³-hybridized carbons (Fsp3) is 0.167. The molecule has 6 heteroatoms. The summed E-state index contributed by atoms with van der Waals surface area (Å²) in [6.45, 7) is 2.56. The lowest BCUT2D eigenvalue weighted by atomic mass is 10.2. The maximum Gasteiger partial charge on any atom is 0.251 e. The van der Waals surface area contributed by atoms with Crippen molar-refractivity contribution in [3.8, 4) is 10.6 Å². The van der Waals surface area contributed by atoms with Gasteiger partial charge in [-0.3, -0.25) is 9.78 Å². The quantitative estimate of drug-likeness (QED) is 0.746. The average Bonchev–Trinajstić information content (AvgIpc) is 2.96. The lowest BCUT2D eigenvalue weighted by Gasteiger charge is -2.05. The van der Waals surface area contributed by atoms with Crippen LogP contribution >= 0.6 is 22.9 Å². The normalized spacial score (nSPS) is 10.6. The van der Waals surface area contributed by atoms with E-state index in [1.807, 2.05) is 19.1 Å². The number of pyridine rings is 1. The van der Waals surface area contributed by atoms with Gasteiger partial charge in [-0.25, -0.2) is 4.98 Å². The molecule has 0 saturated carbocycles. The highest BCUT2D eigenvalue weighted by molar-refractivity contribution is 7.15. The van der Waals surface area contributed by atoms with Crippen molar-refractivity contribution < 1.29 is 4.79 Å². The first-order valence-electron chi connectivity index (χ1n) is 7.54. The summed E-state index contributed by atoms with van der Waals surface area (Å²) in [6.07, 6.45) is 4.27. The second-order valence-corrected chi connectivity index (χ2v) is 6.80. The molecule has 0 spiro atoms. The summed E-state index contributed by atoms with van der Waals surface area (Å²) in [5.74, 6) is -0.117. The third-order valence-electron chi connectivity index (χ3n) is 3.54. The van der Waals surface area contributed by atoms with Crippen LogP contribution in [0, 0.1) is 6.92 Å². The molecular weight excluding hydrogens is 342 g/mol. The monoisotopic (exact) mass is 357 g/mol. The van der Waals surface area contributed by atoms with Crippen LogP contribution in [0.2, 0.25) is 5.02 Å². The van der Waals surface area contributed by atoms with Gasteiger partial charge < -0.3 is 5.32 Å². The van der Waals surface area contributed by atoms with Crippen LogP contribution < -0.4 is 5.32 Å². The van der Waals surface area contributed by atoms with Crippen molar-refractivity contribution in [1.29, 1.82) is 0 Å². The number of nitrogens with one attached hydrogen (secondary N) is 1. The van der Waals surface area contributed by atoms with Crippen LogP contribution in [-0.4, -0.2) is 22.4 Å². The van der Waals surface area contributed by atoms with Crippen molar-refractivity contribution in [2.45, 2.75) is 13.3 Å². The molecule has 0 aliphatic heterocycles. The van der Waals surface area contributed by atoms with E-state index in [0.29, 0.717) is 17.1 Å². The molecule has 2 heterocycles. The lowest BCUT2D eigenvalue weighted by Crippen LogP contribution is -2.25. The molecule has 0 aliphatic carbocycles. The molecule has 3 rings (SSSR count). The zero-order valence-corrected chi connectivity index (χ0v) is 14.7. The van der Waals surface area contributed by atoms with Crippen LogP contribution in [-0.2, 0) is 6.42 Å². The summed E-state index contributed by atoms with van der Waals surface area (Å²) in [6, 6.07) is 10.8. The van der Waals surface area contributed by atoms with Gasteiger partial charge in [0.2, 0.25) is 0 Å². The number of carbonyl (C=O) groups is 1. The second-order valence-electron chi connectivity index (χ2n) is 5.28. The minimum atomic E-state index is -0.117. The Kier molecular flexibility index (Phi) is 5.23. The molecule has 122 valence electrons. The van der Waals surface area contributed by atoms with Crippen LogP contribution in [0.5, 0.6) is 0 Å². The summed E-state index contributed by atoms with van der Waals surface area (Å²) in [5, 5.41) is 4.46. The van der Waals surface area contributed by atoms with E-state index in [0.717, 1.165) is 22.7 Å². The number of hydrogen-bond donors (Lipinski definition) is 1. The number of aryl methyl sites for hydroxylation is 1. The first-order valence-corrected chi connectivity index (χ1v) is 8.73. The minimum Gasteiger partial charge on any atom is -0.352 e. The van der Waals surface area contributed by atoms with E-state index in [1.54, 1.807) is 48.0 Å². The third kappa shape index (κ3) is 3.99. The Bertz CT molecular complexity index is 848. The largest absolute Gasteiger partial charge is 0.352 e. The van der Waals surface area contributed by atoms with E-state index in [1.165, 1.54) is 4.88 Å². The van der Waals surface area contributed by atoms with Crippen molar-refractivity contribution in [1.82, 2.24) is 15.3 Å². The van der Waals surface area contributed by atoms with Gasteiger partial charge in [0.05, 0.1) is 5.69 Å². The molecule has 0 bridgehead atoms. The van der Waals surface area contributed by atoms with E-state index >= 15 is 0 Å². The number of carbonyl (C=O) groups excluding carboxylic acids is 1. The number of benzene rings is 1. The minimum absolute atomic E-state index is 0.117. The number of halogens is 1. The molecule has 0 unspecified atom stereocenters. The van der Waals surface area contributed by atoms with Crippen LogP contribution in [0.1, 0.15) is 20.9 Å². The molecule has 24 heavy (non-hydrogen) atoms. The molecule has 0 aliphatic rings. The van der Waals surface area contributed by atoms with Crippen molar-refractivity contribution in [2.24, 2.45) is 0 Å². The maximum absolute atomic E-state index is 12.1. The highest BCUT2D eigenvalue weighted by atomic mass is 35.5. The van der Waals surface area contributed by atoms with Gasteiger partial charge in [0.1, 0.15) is 5.01 Å². The van der Waals surface area contributed by atoms with E-state index < -0.39 is 0 Å². The van der Waals surface area contributed by atoms with Gasteiger partial charge in [-0.1, -0.05) is 17.7 Å². The highest BCUT2D eigenvalue weighted by Gasteiger charge is 2.10. The molecule has 1 N–H and O–H groups in total. The lowest BCUT2D eigenvalue weighted by molar-refractivity contribution is 0.0954. The van der Waals surface area contributed by atoms with E-state index in [2.05, 4.69) is 15.3 Å². The molecule has 0 fully saturated rings. The summed E-state index contributed by atoms with van der Waals surface area (Å²) in [4.78, 5) is 21.9. The Hall–Kier alpha value is -2.24. The first-order chi connectivity index (χ1) is 11.6. The van der Waals surface area contributed by atoms with Gasteiger partial charge in [-0.05, 0) is 37.3 Å². The molecule has 2 aromatic heterocycles. The number of amides is 1. The Morgan fingerprint density at radius 1 is 1.25 bits per heavy atom. The van der Waals surface area contributed by atoms with Gasteiger partial charge >= 0.3 is 0 Å². The molecule has 3 aromatic rings. The smallest absolute Gasteiger partial charge is 0.251 e. The molecule has 0 saturated heterocycles. The van der Waals surface area contributed by atoms with Gasteiger partial charge in [0.15, 0.2) is 0 Å². The van der Waals surface area contributed by atoms with Crippen LogP contribution in [0.25, 0.3) is 10.6 Å². The molecule has 4 nitrogen and oxygen atoms in total. The fourth-order valence-corrected chi connectivity index (χ4v) is 3.56. The van der Waals surface area contributed by atoms with E-state index in [9.17, 15) is 4.79 Å². The molecule has 1 amide bonds. The predicted molar refractivity (Wildman–Crippen MR) is 97.6 cm³/mol. The standard InChI is InChI=1S/C18H16ClN3OS/c1-12-16(24-18(22-12)13-5-8-20-9-6-13)7-10-21-17(23)14-3-2-4-15(19)11-14/h2-6,8-9,11H,7,10H2,1H3,(H,21,23). The van der Waals surface area contributed by atoms with Crippen molar-refractivity contribution in [3.05, 3.63) is 69.9 Å². The number of aromatic nitrogens is 2. The summed E-state index contributed by atoms with van der Waals surface area (Å²) >= 11 is 7.56. The summed E-state index contributed by atoms with van der Waals surface area (Å²) < 4.78 is 0. The summed E-state index contributed by atoms with van der Waals surface area (Å²) in [5.41, 5.74) is 2.64. The fourth-order valence-electron chi connectivity index (χ4n) is 2.30. The number of rotatable bonds is 5. The SMILES string of the molecule is Cc1nc(-c2ccncc2)sc1CCNC(=O)c1cccc(Cl)c1. The number of hydrogen-bond acceptors (Lipinski definition) is 4. The van der Waals surface area contributed by atoms with Gasteiger partial charge in [0.25, 0.3) is 5.91 Å². The Labute approximate surface area is 149 Å². The molecule has 0 atom stereocenters. The molecular formula is C18H16ClN3OS. The number of thiazole rings is 1. The highest BCUT2D eigenvalue weighted by Crippen LogP contribution is 2.27. The van der Waals surface area contributed by atoms with E-state index in [-0.39, 0.29) is 5.91 Å². The van der Waals surface area contributed by atoms with Crippen LogP contribution in [0.3, 0.4) is 0 Å². The number of nitrogens with zero attached hydrogens (tertiary/aromatic N) is 2. The third-order valence-corrected chi connectivity index (χ3v) is 5.05. The Morgan fingerprint density at radius 2 is 2.04 bits per heavy atom.